The summed E-state index contributed by atoms with van der Waals surface area (Å²) in [6.07, 6.45) is 2.89. The molecule has 1 aliphatic heterocycles. The van der Waals surface area contributed by atoms with Gasteiger partial charge in [0, 0.05) is 44.1 Å². The second-order valence-corrected chi connectivity index (χ2v) is 6.95. The van der Waals surface area contributed by atoms with E-state index < -0.39 is 4.92 Å². The molecule has 0 saturated carbocycles. The lowest BCUT2D eigenvalue weighted by Gasteiger charge is -2.35. The Bertz CT molecular complexity index is 1090. The Morgan fingerprint density at radius 3 is 2.45 bits per heavy atom. The summed E-state index contributed by atoms with van der Waals surface area (Å²) < 4.78 is 2.20. The number of amides is 1. The van der Waals surface area contributed by atoms with Gasteiger partial charge in [-0.2, -0.15) is 0 Å². The van der Waals surface area contributed by atoms with Crippen LogP contribution in [0.25, 0.3) is 5.69 Å². The zero-order chi connectivity index (χ0) is 20.4. The molecule has 9 nitrogen and oxygen atoms in total. The van der Waals surface area contributed by atoms with E-state index in [1.54, 1.807) is 21.7 Å². The number of nitrogens with zero attached hydrogens (tertiary/aromatic N) is 5. The third kappa shape index (κ3) is 3.74. The van der Waals surface area contributed by atoms with Gasteiger partial charge in [0.05, 0.1) is 4.92 Å². The number of aromatic amines is 1. The molecule has 29 heavy (non-hydrogen) atoms. The first kappa shape index (κ1) is 18.8. The SMILES string of the molecule is O=C(c1c[nH]c(=S)n1-c1ccccc1)N1CCN(c2ccc([N+](=O)[O-])cn2)CC1. The molecule has 0 atom stereocenters. The minimum atomic E-state index is -0.473. The Morgan fingerprint density at radius 2 is 1.83 bits per heavy atom. The number of carbonyl (C=O) groups is 1. The number of imidazole rings is 1. The van der Waals surface area contributed by atoms with Crippen molar-refractivity contribution in [3.05, 3.63) is 75.4 Å². The van der Waals surface area contributed by atoms with Gasteiger partial charge >= 0.3 is 0 Å². The van der Waals surface area contributed by atoms with Crippen molar-refractivity contribution in [2.75, 3.05) is 31.1 Å². The van der Waals surface area contributed by atoms with Gasteiger partial charge in [-0.25, -0.2) is 4.98 Å². The molecular weight excluding hydrogens is 392 g/mol. The van der Waals surface area contributed by atoms with Crippen molar-refractivity contribution >= 4 is 29.6 Å². The van der Waals surface area contributed by atoms with E-state index in [2.05, 4.69) is 9.97 Å². The summed E-state index contributed by atoms with van der Waals surface area (Å²) in [5, 5.41) is 10.8. The van der Waals surface area contributed by atoms with Crippen LogP contribution in [0.4, 0.5) is 11.5 Å². The molecule has 0 aliphatic carbocycles. The van der Waals surface area contributed by atoms with E-state index in [0.29, 0.717) is 42.5 Å². The molecule has 0 bridgehead atoms. The average molecular weight is 410 g/mol. The summed E-state index contributed by atoms with van der Waals surface area (Å²) in [5.41, 5.74) is 1.28. The zero-order valence-corrected chi connectivity index (χ0v) is 16.2. The van der Waals surface area contributed by atoms with Crippen LogP contribution < -0.4 is 4.90 Å². The van der Waals surface area contributed by atoms with Crippen LogP contribution in [-0.2, 0) is 0 Å². The lowest BCUT2D eigenvalue weighted by atomic mass is 10.2. The monoisotopic (exact) mass is 410 g/mol. The third-order valence-corrected chi connectivity index (χ3v) is 5.14. The largest absolute Gasteiger partial charge is 0.353 e. The number of pyridine rings is 1. The Kier molecular flexibility index (Phi) is 5.09. The first-order valence-electron chi connectivity index (χ1n) is 9.05. The molecule has 3 aromatic rings. The predicted octanol–water partition coefficient (Wildman–Crippen LogP) is 2.80. The molecule has 1 amide bonds. The molecule has 0 spiro atoms. The molecule has 0 radical (unpaired) electrons. The fourth-order valence-corrected chi connectivity index (χ4v) is 3.60. The fraction of sp³-hybridized carbons (Fsp3) is 0.211. The maximum atomic E-state index is 13.1. The molecule has 0 unspecified atom stereocenters. The third-order valence-electron chi connectivity index (χ3n) is 4.84. The van der Waals surface area contributed by atoms with Crippen molar-refractivity contribution < 1.29 is 9.72 Å². The topological polar surface area (TPSA) is 100 Å². The van der Waals surface area contributed by atoms with Gasteiger partial charge < -0.3 is 14.8 Å². The van der Waals surface area contributed by atoms with Gasteiger partial charge in [0.2, 0.25) is 0 Å². The molecule has 2 aromatic heterocycles. The minimum absolute atomic E-state index is 0.0415. The highest BCUT2D eigenvalue weighted by Crippen LogP contribution is 2.19. The van der Waals surface area contributed by atoms with Crippen molar-refractivity contribution in [3.63, 3.8) is 0 Å². The van der Waals surface area contributed by atoms with Crippen LogP contribution in [-0.4, -0.2) is 56.4 Å². The number of piperazine rings is 1. The number of aromatic nitrogens is 3. The average Bonchev–Trinajstić information content (AvgIpc) is 3.15. The number of H-pyrrole nitrogens is 1. The number of para-hydroxylation sites is 1. The van der Waals surface area contributed by atoms with Gasteiger partial charge in [-0.3, -0.25) is 19.5 Å². The first-order chi connectivity index (χ1) is 14.0. The summed E-state index contributed by atoms with van der Waals surface area (Å²) in [7, 11) is 0. The number of benzene rings is 1. The normalized spacial score (nSPS) is 14.1. The quantitative estimate of drug-likeness (QED) is 0.403. The van der Waals surface area contributed by atoms with Gasteiger partial charge in [-0.1, -0.05) is 18.2 Å². The number of anilines is 1. The Balaban J connectivity index is 1.48. The second kappa shape index (κ2) is 7.84. The van der Waals surface area contributed by atoms with Crippen LogP contribution in [0.1, 0.15) is 10.5 Å². The van der Waals surface area contributed by atoms with Gasteiger partial charge in [0.25, 0.3) is 11.6 Å². The summed E-state index contributed by atoms with van der Waals surface area (Å²) in [6.45, 7) is 2.22. The van der Waals surface area contributed by atoms with E-state index >= 15 is 0 Å². The van der Waals surface area contributed by atoms with E-state index in [0.717, 1.165) is 5.69 Å². The van der Waals surface area contributed by atoms with Crippen LogP contribution in [0.5, 0.6) is 0 Å². The van der Waals surface area contributed by atoms with Crippen LogP contribution >= 0.6 is 12.2 Å². The van der Waals surface area contributed by atoms with Crippen molar-refractivity contribution in [1.29, 1.82) is 0 Å². The van der Waals surface area contributed by atoms with E-state index in [4.69, 9.17) is 12.2 Å². The van der Waals surface area contributed by atoms with Crippen LogP contribution in [0, 0.1) is 14.9 Å². The number of carbonyl (C=O) groups excluding carboxylic acids is 1. The summed E-state index contributed by atoms with van der Waals surface area (Å²) in [5.74, 6) is 0.564. The van der Waals surface area contributed by atoms with Gasteiger partial charge in [0.1, 0.15) is 17.7 Å². The molecular formula is C19H18N6O3S. The van der Waals surface area contributed by atoms with E-state index in [9.17, 15) is 14.9 Å². The minimum Gasteiger partial charge on any atom is -0.353 e. The van der Waals surface area contributed by atoms with E-state index in [-0.39, 0.29) is 11.6 Å². The summed E-state index contributed by atoms with van der Waals surface area (Å²) in [4.78, 5) is 34.3. The molecule has 1 saturated heterocycles. The number of rotatable bonds is 4. The van der Waals surface area contributed by atoms with Gasteiger partial charge in [-0.15, -0.1) is 0 Å². The Hall–Kier alpha value is -3.53. The molecule has 10 heteroatoms. The van der Waals surface area contributed by atoms with E-state index in [1.807, 2.05) is 35.2 Å². The Morgan fingerprint density at radius 1 is 1.10 bits per heavy atom. The predicted molar refractivity (Wildman–Crippen MR) is 110 cm³/mol. The molecule has 3 heterocycles. The maximum absolute atomic E-state index is 13.1. The van der Waals surface area contributed by atoms with Crippen molar-refractivity contribution in [2.24, 2.45) is 0 Å². The standard InChI is InChI=1S/C19H18N6O3S/c26-18(16-13-21-19(29)24(16)14-4-2-1-3-5-14)23-10-8-22(9-11-23)17-7-6-15(12-20-17)25(27)28/h1-7,12-13H,8-11H2,(H,21,29). The van der Waals surface area contributed by atoms with Crippen LogP contribution in [0.15, 0.2) is 54.9 Å². The lowest BCUT2D eigenvalue weighted by Crippen LogP contribution is -2.49. The van der Waals surface area contributed by atoms with Crippen LogP contribution in [0.3, 0.4) is 0 Å². The van der Waals surface area contributed by atoms with Gasteiger partial charge in [0.15, 0.2) is 4.77 Å². The molecule has 4 rings (SSSR count). The maximum Gasteiger partial charge on any atom is 0.287 e. The van der Waals surface area contributed by atoms with Crippen molar-refractivity contribution in [3.8, 4) is 5.69 Å². The number of nitrogens with one attached hydrogen (secondary N) is 1. The Labute approximate surface area is 171 Å². The molecule has 1 aromatic carbocycles. The molecule has 148 valence electrons. The summed E-state index contributed by atoms with van der Waals surface area (Å²) >= 11 is 5.36. The van der Waals surface area contributed by atoms with Crippen molar-refractivity contribution in [2.45, 2.75) is 0 Å². The van der Waals surface area contributed by atoms with E-state index in [1.165, 1.54) is 12.3 Å². The van der Waals surface area contributed by atoms with Gasteiger partial charge in [-0.05, 0) is 30.4 Å². The highest BCUT2D eigenvalue weighted by Gasteiger charge is 2.25. The summed E-state index contributed by atoms with van der Waals surface area (Å²) in [6, 6.07) is 12.6. The number of nitro groups is 1. The molecule has 1 fully saturated rings. The number of hydrogen-bond donors (Lipinski definition) is 1. The number of hydrogen-bond acceptors (Lipinski definition) is 6. The first-order valence-corrected chi connectivity index (χ1v) is 9.46. The fourth-order valence-electron chi connectivity index (χ4n) is 3.33. The highest BCUT2D eigenvalue weighted by molar-refractivity contribution is 7.71. The van der Waals surface area contributed by atoms with Crippen LogP contribution in [0.2, 0.25) is 0 Å². The molecule has 1 aliphatic rings. The smallest absolute Gasteiger partial charge is 0.287 e. The highest BCUT2D eigenvalue weighted by atomic mass is 32.1. The molecule has 1 N–H and O–H groups in total. The lowest BCUT2D eigenvalue weighted by molar-refractivity contribution is -0.385. The van der Waals surface area contributed by atoms with Crippen molar-refractivity contribution in [1.82, 2.24) is 19.4 Å². The zero-order valence-electron chi connectivity index (χ0n) is 15.4. The second-order valence-electron chi connectivity index (χ2n) is 6.56.